The summed E-state index contributed by atoms with van der Waals surface area (Å²) in [4.78, 5) is 31.6. The van der Waals surface area contributed by atoms with Crippen LogP contribution in [0.1, 0.15) is 48.2 Å². The Morgan fingerprint density at radius 3 is 2.61 bits per heavy atom. The molecule has 1 aromatic heterocycles. The lowest BCUT2D eigenvalue weighted by molar-refractivity contribution is 0.0942. The van der Waals surface area contributed by atoms with Crippen molar-refractivity contribution in [2.24, 2.45) is 0 Å². The topological polar surface area (TPSA) is 87.5 Å². The zero-order valence-corrected chi connectivity index (χ0v) is 15.5. The standard InChI is InChI=1S/C20H23FN4O3/c21-14-8-6-13(7-9-14)12-22-18(27)16-17(26)19(28)25-11-10-24(20(25)23-16)15-4-2-1-3-5-15/h6-9,15,26H,1-5,10-12H2,(H,22,27). The summed E-state index contributed by atoms with van der Waals surface area (Å²) in [6, 6.07) is 6.05. The smallest absolute Gasteiger partial charge is 0.298 e. The van der Waals surface area contributed by atoms with Crippen molar-refractivity contribution in [1.82, 2.24) is 14.9 Å². The van der Waals surface area contributed by atoms with Crippen LogP contribution in [0.25, 0.3) is 0 Å². The highest BCUT2D eigenvalue weighted by Gasteiger charge is 2.32. The van der Waals surface area contributed by atoms with E-state index in [4.69, 9.17) is 0 Å². The summed E-state index contributed by atoms with van der Waals surface area (Å²) in [5.74, 6) is -1.16. The van der Waals surface area contributed by atoms with Gasteiger partial charge in [0.05, 0.1) is 0 Å². The van der Waals surface area contributed by atoms with Crippen molar-refractivity contribution < 1.29 is 14.3 Å². The fourth-order valence-corrected chi connectivity index (χ4v) is 4.03. The van der Waals surface area contributed by atoms with Gasteiger partial charge in [0.2, 0.25) is 11.7 Å². The number of amides is 1. The summed E-state index contributed by atoms with van der Waals surface area (Å²) in [5.41, 5.74) is -0.146. The highest BCUT2D eigenvalue weighted by atomic mass is 19.1. The maximum absolute atomic E-state index is 13.0. The van der Waals surface area contributed by atoms with Crippen molar-refractivity contribution in [3.05, 3.63) is 51.7 Å². The minimum absolute atomic E-state index is 0.144. The van der Waals surface area contributed by atoms with Crippen LogP contribution < -0.4 is 15.8 Å². The van der Waals surface area contributed by atoms with Crippen LogP contribution in [-0.2, 0) is 13.1 Å². The first-order valence-electron chi connectivity index (χ1n) is 9.67. The third-order valence-corrected chi connectivity index (χ3v) is 5.54. The van der Waals surface area contributed by atoms with Gasteiger partial charge in [0.1, 0.15) is 5.82 Å². The molecule has 7 nitrogen and oxygen atoms in total. The van der Waals surface area contributed by atoms with Crippen LogP contribution in [0.2, 0.25) is 0 Å². The zero-order valence-electron chi connectivity index (χ0n) is 15.5. The SMILES string of the molecule is O=C(NCc1ccc(F)cc1)c1nc2n(c(=O)c1O)CCN2C1CCCCC1. The molecule has 1 amide bonds. The Hall–Kier alpha value is -2.90. The molecule has 0 atom stereocenters. The Balaban J connectivity index is 1.57. The summed E-state index contributed by atoms with van der Waals surface area (Å²) in [6.45, 7) is 1.26. The summed E-state index contributed by atoms with van der Waals surface area (Å²) >= 11 is 0. The maximum atomic E-state index is 13.0. The molecule has 1 aliphatic carbocycles. The summed E-state index contributed by atoms with van der Waals surface area (Å²) < 4.78 is 14.4. The Labute approximate surface area is 161 Å². The largest absolute Gasteiger partial charge is 0.501 e. The Bertz CT molecular complexity index is 936. The van der Waals surface area contributed by atoms with Gasteiger partial charge in [0, 0.05) is 25.7 Å². The van der Waals surface area contributed by atoms with E-state index < -0.39 is 17.2 Å². The van der Waals surface area contributed by atoms with Crippen molar-refractivity contribution in [3.8, 4) is 5.75 Å². The lowest BCUT2D eigenvalue weighted by Gasteiger charge is -2.31. The van der Waals surface area contributed by atoms with Crippen molar-refractivity contribution >= 4 is 11.9 Å². The molecular weight excluding hydrogens is 363 g/mol. The number of aromatic nitrogens is 2. The number of benzene rings is 1. The fourth-order valence-electron chi connectivity index (χ4n) is 4.03. The first-order valence-corrected chi connectivity index (χ1v) is 9.67. The number of anilines is 1. The van der Waals surface area contributed by atoms with E-state index in [1.165, 1.54) is 23.1 Å². The van der Waals surface area contributed by atoms with Crippen molar-refractivity contribution in [1.29, 1.82) is 0 Å². The molecule has 0 radical (unpaired) electrons. The van der Waals surface area contributed by atoms with Gasteiger partial charge in [-0.15, -0.1) is 0 Å². The Morgan fingerprint density at radius 2 is 1.89 bits per heavy atom. The van der Waals surface area contributed by atoms with E-state index in [-0.39, 0.29) is 18.1 Å². The molecule has 8 heteroatoms. The molecule has 1 saturated carbocycles. The minimum Gasteiger partial charge on any atom is -0.501 e. The second kappa shape index (κ2) is 7.61. The molecule has 2 N–H and O–H groups in total. The normalized spacial score (nSPS) is 16.8. The molecule has 0 spiro atoms. The quantitative estimate of drug-likeness (QED) is 0.841. The van der Waals surface area contributed by atoms with Crippen LogP contribution in [-0.4, -0.2) is 33.2 Å². The van der Waals surface area contributed by atoms with E-state index in [1.807, 2.05) is 0 Å². The number of hydrogen-bond acceptors (Lipinski definition) is 5. The number of rotatable bonds is 4. The average molecular weight is 386 g/mol. The van der Waals surface area contributed by atoms with Gasteiger partial charge in [-0.05, 0) is 30.5 Å². The van der Waals surface area contributed by atoms with E-state index in [9.17, 15) is 19.1 Å². The number of aromatic hydroxyl groups is 1. The molecule has 28 heavy (non-hydrogen) atoms. The molecule has 4 rings (SSSR count). The van der Waals surface area contributed by atoms with E-state index in [2.05, 4.69) is 15.2 Å². The number of carbonyl (C=O) groups excluding carboxylic acids is 1. The van der Waals surface area contributed by atoms with Crippen molar-refractivity contribution in [2.75, 3.05) is 11.4 Å². The van der Waals surface area contributed by atoms with Gasteiger partial charge in [0.25, 0.3) is 11.5 Å². The van der Waals surface area contributed by atoms with Gasteiger partial charge < -0.3 is 15.3 Å². The molecule has 2 aromatic rings. The van der Waals surface area contributed by atoms with Gasteiger partial charge in [-0.2, -0.15) is 0 Å². The number of halogens is 1. The van der Waals surface area contributed by atoms with Crippen LogP contribution >= 0.6 is 0 Å². The Kier molecular flexibility index (Phi) is 5.02. The highest BCUT2D eigenvalue weighted by molar-refractivity contribution is 5.95. The molecular formula is C20H23FN4O3. The van der Waals surface area contributed by atoms with Gasteiger partial charge in [-0.1, -0.05) is 31.4 Å². The average Bonchev–Trinajstić information content (AvgIpc) is 3.15. The molecule has 1 aromatic carbocycles. The van der Waals surface area contributed by atoms with Gasteiger partial charge >= 0.3 is 0 Å². The molecule has 148 valence electrons. The summed E-state index contributed by atoms with van der Waals surface area (Å²) in [5, 5.41) is 12.9. The predicted octanol–water partition coefficient (Wildman–Crippen LogP) is 2.17. The third-order valence-electron chi connectivity index (χ3n) is 5.54. The lowest BCUT2D eigenvalue weighted by Crippen LogP contribution is -2.37. The fraction of sp³-hybridized carbons (Fsp3) is 0.450. The van der Waals surface area contributed by atoms with E-state index in [0.29, 0.717) is 30.6 Å². The molecule has 1 fully saturated rings. The molecule has 0 unspecified atom stereocenters. The van der Waals surface area contributed by atoms with Crippen molar-refractivity contribution in [2.45, 2.75) is 51.2 Å². The van der Waals surface area contributed by atoms with Crippen LogP contribution in [0, 0.1) is 5.82 Å². The van der Waals surface area contributed by atoms with Gasteiger partial charge in [-0.25, -0.2) is 9.37 Å². The lowest BCUT2D eigenvalue weighted by atomic mass is 9.94. The number of nitrogens with zero attached hydrogens (tertiary/aromatic N) is 3. The van der Waals surface area contributed by atoms with Crippen LogP contribution in [0.4, 0.5) is 10.3 Å². The van der Waals surface area contributed by atoms with Gasteiger partial charge in [-0.3, -0.25) is 14.2 Å². The number of fused-ring (bicyclic) bond motifs is 1. The van der Waals surface area contributed by atoms with Crippen LogP contribution in [0.3, 0.4) is 0 Å². The minimum atomic E-state index is -0.633. The van der Waals surface area contributed by atoms with E-state index in [1.54, 1.807) is 12.1 Å². The molecule has 0 saturated heterocycles. The van der Waals surface area contributed by atoms with Crippen molar-refractivity contribution in [3.63, 3.8) is 0 Å². The second-order valence-electron chi connectivity index (χ2n) is 7.36. The maximum Gasteiger partial charge on any atom is 0.298 e. The summed E-state index contributed by atoms with van der Waals surface area (Å²) in [6.07, 6.45) is 5.60. The predicted molar refractivity (Wildman–Crippen MR) is 102 cm³/mol. The first-order chi connectivity index (χ1) is 13.5. The second-order valence-corrected chi connectivity index (χ2v) is 7.36. The van der Waals surface area contributed by atoms with Gasteiger partial charge in [0.15, 0.2) is 5.69 Å². The molecule has 2 aliphatic rings. The molecule has 1 aliphatic heterocycles. The zero-order chi connectivity index (χ0) is 19.7. The molecule has 0 bridgehead atoms. The Morgan fingerprint density at radius 1 is 1.18 bits per heavy atom. The van der Waals surface area contributed by atoms with E-state index >= 15 is 0 Å². The summed E-state index contributed by atoms with van der Waals surface area (Å²) in [7, 11) is 0. The van der Waals surface area contributed by atoms with E-state index in [0.717, 1.165) is 25.7 Å². The highest BCUT2D eigenvalue weighted by Crippen LogP contribution is 2.29. The number of hydrogen-bond donors (Lipinski definition) is 2. The number of carbonyl (C=O) groups is 1. The first kappa shape index (κ1) is 18.5. The van der Waals surface area contributed by atoms with Crippen LogP contribution in [0.5, 0.6) is 5.75 Å². The van der Waals surface area contributed by atoms with Crippen LogP contribution in [0.15, 0.2) is 29.1 Å². The molecule has 2 heterocycles. The monoisotopic (exact) mass is 386 g/mol. The number of nitrogens with one attached hydrogen (secondary N) is 1. The third kappa shape index (κ3) is 3.46.